The lowest BCUT2D eigenvalue weighted by Crippen LogP contribution is -2.43. The molecule has 0 aromatic carbocycles. The van der Waals surface area contributed by atoms with Crippen molar-refractivity contribution in [2.75, 3.05) is 13.1 Å². The number of hydrogen-bond donors (Lipinski definition) is 1. The highest BCUT2D eigenvalue weighted by molar-refractivity contribution is 5.81. The van der Waals surface area contributed by atoms with Gasteiger partial charge in [0.2, 0.25) is 5.91 Å². The van der Waals surface area contributed by atoms with Crippen molar-refractivity contribution in [3.8, 4) is 0 Å². The predicted molar refractivity (Wildman–Crippen MR) is 89.1 cm³/mol. The number of pyridine rings is 1. The van der Waals surface area contributed by atoms with Gasteiger partial charge in [-0.05, 0) is 12.8 Å². The number of aliphatic hydroxyl groups is 1. The summed E-state index contributed by atoms with van der Waals surface area (Å²) >= 11 is 0. The van der Waals surface area contributed by atoms with Crippen LogP contribution in [0.2, 0.25) is 0 Å². The summed E-state index contributed by atoms with van der Waals surface area (Å²) < 4.78 is 55.6. The average molecular weight is 415 g/mol. The quantitative estimate of drug-likeness (QED) is 0.756. The molecule has 0 bridgehead atoms. The van der Waals surface area contributed by atoms with Crippen LogP contribution in [0.3, 0.4) is 0 Å². The van der Waals surface area contributed by atoms with Gasteiger partial charge in [-0.15, -0.1) is 0 Å². The van der Waals surface area contributed by atoms with E-state index in [0.717, 1.165) is 20.3 Å². The molecule has 2 atom stereocenters. The smallest absolute Gasteiger partial charge is 0.347 e. The zero-order valence-electron chi connectivity index (χ0n) is 15.1. The highest BCUT2D eigenvalue weighted by atomic mass is 19.3. The zero-order valence-corrected chi connectivity index (χ0v) is 15.1. The number of rotatable bonds is 3. The number of nitrogens with zero attached hydrogens (tertiary/aromatic N) is 5. The Balaban J connectivity index is 1.67. The molecule has 2 aromatic heterocycles. The Labute approximate surface area is 161 Å². The molecule has 1 N–H and O–H groups in total. The fourth-order valence-electron chi connectivity index (χ4n) is 3.70. The van der Waals surface area contributed by atoms with Crippen molar-refractivity contribution in [2.45, 2.75) is 43.9 Å². The first-order valence-electron chi connectivity index (χ1n) is 9.00. The minimum atomic E-state index is -2.98. The van der Waals surface area contributed by atoms with Crippen LogP contribution in [0.5, 0.6) is 0 Å². The lowest BCUT2D eigenvalue weighted by Gasteiger charge is -2.29. The Morgan fingerprint density at radius 3 is 2.72 bits per heavy atom. The molecule has 8 nitrogen and oxygen atoms in total. The molecule has 1 saturated heterocycles. The molecule has 0 radical (unpaired) electrons. The van der Waals surface area contributed by atoms with Crippen LogP contribution < -0.4 is 5.69 Å². The van der Waals surface area contributed by atoms with Gasteiger partial charge in [-0.3, -0.25) is 14.3 Å². The van der Waals surface area contributed by atoms with E-state index < -0.39 is 60.8 Å². The number of amides is 1. The SMILES string of the molecule is O=C([C@@H]1CCC(O)c2nn(Cc3ncc(F)cc3F)c(=O)n21)N1CCC(F)(F)C1. The minimum absolute atomic E-state index is 0.0732. The monoisotopic (exact) mass is 415 g/mol. The molecule has 2 aliphatic rings. The third kappa shape index (κ3) is 3.52. The summed E-state index contributed by atoms with van der Waals surface area (Å²) in [5.41, 5.74) is -1.06. The molecule has 1 amide bonds. The molecular formula is C17H17F4N5O3. The Hall–Kier alpha value is -2.76. The maximum atomic E-state index is 13.9. The molecule has 0 aliphatic carbocycles. The topological polar surface area (TPSA) is 93.2 Å². The Kier molecular flexibility index (Phi) is 4.68. The van der Waals surface area contributed by atoms with Crippen LogP contribution in [-0.4, -0.2) is 54.3 Å². The molecule has 12 heteroatoms. The molecule has 1 unspecified atom stereocenters. The highest BCUT2D eigenvalue weighted by Crippen LogP contribution is 2.33. The molecule has 4 heterocycles. The summed E-state index contributed by atoms with van der Waals surface area (Å²) in [6.45, 7) is -1.30. The largest absolute Gasteiger partial charge is 0.385 e. The maximum absolute atomic E-state index is 13.9. The normalized spacial score (nSPS) is 23.3. The molecule has 0 saturated carbocycles. The van der Waals surface area contributed by atoms with Crippen LogP contribution in [0.15, 0.2) is 17.1 Å². The molecule has 4 rings (SSSR count). The van der Waals surface area contributed by atoms with E-state index in [-0.39, 0.29) is 30.9 Å². The average Bonchev–Trinajstić information content (AvgIpc) is 3.18. The third-order valence-electron chi connectivity index (χ3n) is 5.17. The molecule has 2 aliphatic heterocycles. The minimum Gasteiger partial charge on any atom is -0.385 e. The van der Waals surface area contributed by atoms with Gasteiger partial charge in [0.1, 0.15) is 23.8 Å². The summed E-state index contributed by atoms with van der Waals surface area (Å²) in [5, 5.41) is 14.2. The molecule has 29 heavy (non-hydrogen) atoms. The van der Waals surface area contributed by atoms with Gasteiger partial charge >= 0.3 is 5.69 Å². The predicted octanol–water partition coefficient (Wildman–Crippen LogP) is 1.00. The standard InChI is InChI=1S/C17H17F4N5O3/c18-9-5-10(19)11(22-6-9)7-25-16(29)26-12(1-2-13(27)14(26)23-25)15(28)24-4-3-17(20,21)8-24/h5-6,12-13,27H,1-4,7-8H2/t12-,13?/m0/s1. The van der Waals surface area contributed by atoms with Gasteiger partial charge in [0.25, 0.3) is 5.92 Å². The van der Waals surface area contributed by atoms with Crippen LogP contribution in [0.1, 0.15) is 42.9 Å². The summed E-state index contributed by atoms with van der Waals surface area (Å²) in [6.07, 6.45) is -0.623. The molecule has 156 valence electrons. The highest BCUT2D eigenvalue weighted by Gasteiger charge is 2.44. The Morgan fingerprint density at radius 2 is 2.07 bits per heavy atom. The van der Waals surface area contributed by atoms with Crippen molar-refractivity contribution in [3.05, 3.63) is 45.9 Å². The fourth-order valence-corrected chi connectivity index (χ4v) is 3.70. The summed E-state index contributed by atoms with van der Waals surface area (Å²) in [4.78, 5) is 30.2. The van der Waals surface area contributed by atoms with Gasteiger partial charge in [-0.25, -0.2) is 27.0 Å². The Morgan fingerprint density at radius 1 is 1.31 bits per heavy atom. The van der Waals surface area contributed by atoms with E-state index in [1.807, 2.05) is 0 Å². The van der Waals surface area contributed by atoms with Crippen LogP contribution in [0.25, 0.3) is 0 Å². The number of likely N-dealkylation sites (tertiary alicyclic amines) is 1. The second-order valence-corrected chi connectivity index (χ2v) is 7.23. The van der Waals surface area contributed by atoms with E-state index in [2.05, 4.69) is 10.1 Å². The van der Waals surface area contributed by atoms with Crippen molar-refractivity contribution < 1.29 is 27.5 Å². The Bertz CT molecular complexity index is 1020. The van der Waals surface area contributed by atoms with Crippen LogP contribution in [0.4, 0.5) is 17.6 Å². The van der Waals surface area contributed by atoms with Crippen molar-refractivity contribution in [1.29, 1.82) is 0 Å². The van der Waals surface area contributed by atoms with Crippen molar-refractivity contribution in [2.24, 2.45) is 0 Å². The van der Waals surface area contributed by atoms with Gasteiger partial charge in [0.05, 0.1) is 25.0 Å². The number of hydrogen-bond acceptors (Lipinski definition) is 5. The molecule has 1 fully saturated rings. The number of aliphatic hydroxyl groups excluding tert-OH is 1. The van der Waals surface area contributed by atoms with Gasteiger partial charge in [-0.1, -0.05) is 0 Å². The van der Waals surface area contributed by atoms with Crippen LogP contribution >= 0.6 is 0 Å². The number of fused-ring (bicyclic) bond motifs is 1. The lowest BCUT2D eigenvalue weighted by atomic mass is 10.0. The van der Waals surface area contributed by atoms with Gasteiger partial charge in [-0.2, -0.15) is 5.10 Å². The summed E-state index contributed by atoms with van der Waals surface area (Å²) in [7, 11) is 0. The number of halogens is 4. The second kappa shape index (κ2) is 6.94. The first-order chi connectivity index (χ1) is 13.7. The summed E-state index contributed by atoms with van der Waals surface area (Å²) in [6, 6.07) is -0.479. The van der Waals surface area contributed by atoms with Crippen molar-refractivity contribution in [1.82, 2.24) is 24.2 Å². The maximum Gasteiger partial charge on any atom is 0.347 e. The number of aromatic nitrogens is 4. The van der Waals surface area contributed by atoms with Gasteiger partial charge < -0.3 is 10.0 Å². The number of carbonyl (C=O) groups is 1. The molecule has 0 spiro atoms. The van der Waals surface area contributed by atoms with Crippen LogP contribution in [0, 0.1) is 11.6 Å². The van der Waals surface area contributed by atoms with E-state index in [4.69, 9.17) is 0 Å². The van der Waals surface area contributed by atoms with E-state index in [1.54, 1.807) is 0 Å². The van der Waals surface area contributed by atoms with E-state index in [9.17, 15) is 32.3 Å². The van der Waals surface area contributed by atoms with Crippen LogP contribution in [-0.2, 0) is 11.3 Å². The van der Waals surface area contributed by atoms with Crippen molar-refractivity contribution >= 4 is 5.91 Å². The third-order valence-corrected chi connectivity index (χ3v) is 5.17. The van der Waals surface area contributed by atoms with E-state index in [1.165, 1.54) is 0 Å². The molecular weight excluding hydrogens is 398 g/mol. The summed E-state index contributed by atoms with van der Waals surface area (Å²) in [5.74, 6) is -5.59. The first kappa shape index (κ1) is 19.6. The van der Waals surface area contributed by atoms with Crippen molar-refractivity contribution in [3.63, 3.8) is 0 Å². The van der Waals surface area contributed by atoms with E-state index >= 15 is 0 Å². The second-order valence-electron chi connectivity index (χ2n) is 7.23. The van der Waals surface area contributed by atoms with E-state index in [0.29, 0.717) is 6.07 Å². The van der Waals surface area contributed by atoms with Gasteiger partial charge in [0, 0.05) is 19.0 Å². The first-order valence-corrected chi connectivity index (χ1v) is 9.00. The zero-order chi connectivity index (χ0) is 20.9. The fraction of sp³-hybridized carbons (Fsp3) is 0.529. The number of carbonyl (C=O) groups excluding carboxylic acids is 1. The number of alkyl halides is 2. The lowest BCUT2D eigenvalue weighted by molar-refractivity contribution is -0.136. The molecule has 2 aromatic rings. The van der Waals surface area contributed by atoms with Gasteiger partial charge in [0.15, 0.2) is 5.82 Å².